The minimum Gasteiger partial charge on any atom is -0.475 e. The first-order chi connectivity index (χ1) is 9.27. The van der Waals surface area contributed by atoms with Crippen LogP contribution in [-0.4, -0.2) is 19.0 Å². The van der Waals surface area contributed by atoms with Crippen LogP contribution in [-0.2, 0) is 4.74 Å². The van der Waals surface area contributed by atoms with E-state index in [0.717, 1.165) is 16.7 Å². The Labute approximate surface area is 111 Å². The van der Waals surface area contributed by atoms with Gasteiger partial charge in [-0.3, -0.25) is 0 Å². The van der Waals surface area contributed by atoms with Gasteiger partial charge in [-0.25, -0.2) is 9.38 Å². The maximum absolute atomic E-state index is 14.2. The van der Waals surface area contributed by atoms with E-state index in [4.69, 9.17) is 4.74 Å². The van der Waals surface area contributed by atoms with Crippen LogP contribution in [0.3, 0.4) is 0 Å². The second-order valence-corrected chi connectivity index (χ2v) is 4.51. The van der Waals surface area contributed by atoms with Crippen LogP contribution in [0.4, 0.5) is 4.39 Å². The third kappa shape index (κ3) is 2.12. The molecule has 0 atom stereocenters. The van der Waals surface area contributed by atoms with Gasteiger partial charge < -0.3 is 4.74 Å². The zero-order valence-electron chi connectivity index (χ0n) is 10.7. The van der Waals surface area contributed by atoms with Gasteiger partial charge in [0.2, 0.25) is 5.90 Å². The highest BCUT2D eigenvalue weighted by Crippen LogP contribution is 2.29. The van der Waals surface area contributed by atoms with Crippen molar-refractivity contribution in [3.8, 4) is 11.1 Å². The molecule has 3 heteroatoms. The summed E-state index contributed by atoms with van der Waals surface area (Å²) in [7, 11) is 0. The van der Waals surface area contributed by atoms with E-state index in [1.54, 1.807) is 6.07 Å². The minimum absolute atomic E-state index is 0.290. The molecule has 0 fully saturated rings. The van der Waals surface area contributed by atoms with Gasteiger partial charge in [0.15, 0.2) is 0 Å². The molecule has 0 saturated heterocycles. The summed E-state index contributed by atoms with van der Waals surface area (Å²) in [4.78, 5) is 4.24. The highest BCUT2D eigenvalue weighted by molar-refractivity contribution is 6.02. The summed E-state index contributed by atoms with van der Waals surface area (Å²) in [6.07, 6.45) is 0. The number of rotatable bonds is 2. The van der Waals surface area contributed by atoms with Crippen LogP contribution in [0.5, 0.6) is 0 Å². The second-order valence-electron chi connectivity index (χ2n) is 4.51. The van der Waals surface area contributed by atoms with Gasteiger partial charge in [-0.15, -0.1) is 0 Å². The lowest BCUT2D eigenvalue weighted by atomic mass is 9.95. The van der Waals surface area contributed by atoms with Gasteiger partial charge in [0, 0.05) is 0 Å². The van der Waals surface area contributed by atoms with Crippen molar-refractivity contribution in [3.63, 3.8) is 0 Å². The second kappa shape index (κ2) is 4.84. The molecule has 3 rings (SSSR count). The van der Waals surface area contributed by atoms with Crippen molar-refractivity contribution in [1.82, 2.24) is 0 Å². The molecule has 0 unspecified atom stereocenters. The van der Waals surface area contributed by atoms with Crippen molar-refractivity contribution >= 4 is 5.90 Å². The Balaban J connectivity index is 2.22. The Hall–Kier alpha value is -2.16. The number of benzene rings is 2. The van der Waals surface area contributed by atoms with Gasteiger partial charge in [0.1, 0.15) is 12.4 Å². The van der Waals surface area contributed by atoms with Crippen molar-refractivity contribution in [2.45, 2.75) is 6.92 Å². The van der Waals surface area contributed by atoms with E-state index < -0.39 is 0 Å². The summed E-state index contributed by atoms with van der Waals surface area (Å²) in [5.41, 5.74) is 3.41. The topological polar surface area (TPSA) is 21.6 Å². The minimum atomic E-state index is -0.290. The predicted octanol–water partition coefficient (Wildman–Crippen LogP) is 3.58. The number of ether oxygens (including phenoxy) is 1. The fourth-order valence-corrected chi connectivity index (χ4v) is 2.33. The molecule has 0 bridgehead atoms. The molecule has 0 radical (unpaired) electrons. The molecule has 0 aliphatic carbocycles. The number of hydrogen-bond donors (Lipinski definition) is 0. The molecule has 0 amide bonds. The Kier molecular flexibility index (Phi) is 3.03. The van der Waals surface area contributed by atoms with E-state index in [1.807, 2.05) is 37.3 Å². The van der Waals surface area contributed by atoms with Crippen molar-refractivity contribution in [1.29, 1.82) is 0 Å². The van der Waals surface area contributed by atoms with Crippen LogP contribution in [0.15, 0.2) is 47.5 Å². The van der Waals surface area contributed by atoms with Gasteiger partial charge >= 0.3 is 0 Å². The number of nitrogens with zero attached hydrogens (tertiary/aromatic N) is 1. The molecule has 1 heterocycles. The van der Waals surface area contributed by atoms with Crippen LogP contribution >= 0.6 is 0 Å². The van der Waals surface area contributed by atoms with Gasteiger partial charge in [0.05, 0.1) is 12.1 Å². The number of hydrogen-bond acceptors (Lipinski definition) is 2. The average Bonchev–Trinajstić information content (AvgIpc) is 2.92. The highest BCUT2D eigenvalue weighted by Gasteiger charge is 2.20. The fraction of sp³-hybridized carbons (Fsp3) is 0.188. The summed E-state index contributed by atoms with van der Waals surface area (Å²) < 4.78 is 19.6. The summed E-state index contributed by atoms with van der Waals surface area (Å²) in [6, 6.07) is 13.0. The molecule has 0 saturated carbocycles. The summed E-state index contributed by atoms with van der Waals surface area (Å²) >= 11 is 0. The van der Waals surface area contributed by atoms with Crippen LogP contribution < -0.4 is 0 Å². The molecule has 2 aromatic carbocycles. The molecule has 2 aromatic rings. The lowest BCUT2D eigenvalue weighted by molar-refractivity contribution is 0.347. The smallest absolute Gasteiger partial charge is 0.219 e. The van der Waals surface area contributed by atoms with Crippen molar-refractivity contribution < 1.29 is 9.13 Å². The normalized spacial score (nSPS) is 14.1. The van der Waals surface area contributed by atoms with E-state index in [0.29, 0.717) is 24.6 Å². The SMILES string of the molecule is Cc1ccccc1-c1cccc(F)c1C1=NCCO1. The van der Waals surface area contributed by atoms with Gasteiger partial charge in [0.25, 0.3) is 0 Å². The average molecular weight is 255 g/mol. The molecule has 0 N–H and O–H groups in total. The first-order valence-electron chi connectivity index (χ1n) is 6.29. The van der Waals surface area contributed by atoms with Crippen LogP contribution in [0.2, 0.25) is 0 Å². The Morgan fingerprint density at radius 1 is 1.05 bits per heavy atom. The molecular weight excluding hydrogens is 241 g/mol. The maximum atomic E-state index is 14.2. The van der Waals surface area contributed by atoms with E-state index >= 15 is 0 Å². The third-order valence-corrected chi connectivity index (χ3v) is 3.25. The molecule has 1 aliphatic heterocycles. The maximum Gasteiger partial charge on any atom is 0.219 e. The Bertz CT molecular complexity index is 649. The van der Waals surface area contributed by atoms with Crippen LogP contribution in [0, 0.1) is 12.7 Å². The first kappa shape index (κ1) is 11.9. The van der Waals surface area contributed by atoms with Gasteiger partial charge in [-0.1, -0.05) is 36.4 Å². The largest absolute Gasteiger partial charge is 0.475 e. The Morgan fingerprint density at radius 3 is 2.58 bits per heavy atom. The fourth-order valence-electron chi connectivity index (χ4n) is 2.33. The quantitative estimate of drug-likeness (QED) is 0.803. The van der Waals surface area contributed by atoms with Crippen molar-refractivity contribution in [2.75, 3.05) is 13.2 Å². The highest BCUT2D eigenvalue weighted by atomic mass is 19.1. The monoisotopic (exact) mass is 255 g/mol. The van der Waals surface area contributed by atoms with E-state index in [-0.39, 0.29) is 5.82 Å². The predicted molar refractivity (Wildman–Crippen MR) is 73.9 cm³/mol. The molecule has 19 heavy (non-hydrogen) atoms. The lowest BCUT2D eigenvalue weighted by Crippen LogP contribution is -2.07. The summed E-state index contributed by atoms with van der Waals surface area (Å²) in [5, 5.41) is 0. The van der Waals surface area contributed by atoms with E-state index in [9.17, 15) is 4.39 Å². The van der Waals surface area contributed by atoms with Gasteiger partial charge in [-0.2, -0.15) is 0 Å². The third-order valence-electron chi connectivity index (χ3n) is 3.25. The summed E-state index contributed by atoms with van der Waals surface area (Å²) in [5.74, 6) is 0.123. The summed E-state index contributed by atoms with van der Waals surface area (Å²) in [6.45, 7) is 3.13. The standard InChI is InChI=1S/C16H14FNO/c1-11-5-2-3-6-12(11)13-7-4-8-14(17)15(13)16-18-9-10-19-16/h2-8H,9-10H2,1H3. The van der Waals surface area contributed by atoms with E-state index in [1.165, 1.54) is 6.07 Å². The zero-order chi connectivity index (χ0) is 13.2. The first-order valence-corrected chi connectivity index (χ1v) is 6.29. The van der Waals surface area contributed by atoms with Crippen molar-refractivity contribution in [3.05, 3.63) is 59.4 Å². The van der Waals surface area contributed by atoms with Crippen LogP contribution in [0.25, 0.3) is 11.1 Å². The molecule has 96 valence electrons. The van der Waals surface area contributed by atoms with Gasteiger partial charge in [-0.05, 0) is 29.7 Å². The lowest BCUT2D eigenvalue weighted by Gasteiger charge is -2.12. The van der Waals surface area contributed by atoms with E-state index in [2.05, 4.69) is 4.99 Å². The molecule has 0 aromatic heterocycles. The number of aryl methyl sites for hydroxylation is 1. The molecular formula is C16H14FNO. The molecule has 2 nitrogen and oxygen atoms in total. The van der Waals surface area contributed by atoms with Crippen molar-refractivity contribution in [2.24, 2.45) is 4.99 Å². The number of aliphatic imine (C=N–C) groups is 1. The molecule has 1 aliphatic rings. The Morgan fingerprint density at radius 2 is 1.84 bits per heavy atom. The molecule has 0 spiro atoms. The van der Waals surface area contributed by atoms with Crippen LogP contribution in [0.1, 0.15) is 11.1 Å². The number of halogens is 1. The zero-order valence-corrected chi connectivity index (χ0v) is 10.7.